The second-order valence-electron chi connectivity index (χ2n) is 5.53. The van der Waals surface area contributed by atoms with Crippen molar-refractivity contribution in [2.45, 2.75) is 29.2 Å². The highest BCUT2D eigenvalue weighted by atomic mass is 35.5. The van der Waals surface area contributed by atoms with E-state index in [4.69, 9.17) is 5.73 Å². The lowest BCUT2D eigenvalue weighted by Gasteiger charge is -2.31. The van der Waals surface area contributed by atoms with E-state index in [9.17, 15) is 8.42 Å². The first-order chi connectivity index (χ1) is 11.1. The maximum Gasteiger partial charge on any atom is 0.264 e. The van der Waals surface area contributed by atoms with Crippen molar-refractivity contribution >= 4 is 39.9 Å². The van der Waals surface area contributed by atoms with E-state index in [-0.39, 0.29) is 12.4 Å². The topological polar surface area (TPSA) is 63.4 Å². The van der Waals surface area contributed by atoms with Crippen LogP contribution in [-0.2, 0) is 23.0 Å². The van der Waals surface area contributed by atoms with Crippen molar-refractivity contribution in [2.24, 2.45) is 5.73 Å². The predicted octanol–water partition coefficient (Wildman–Crippen LogP) is 3.43. The molecule has 7 heteroatoms. The van der Waals surface area contributed by atoms with E-state index >= 15 is 0 Å². The van der Waals surface area contributed by atoms with Crippen LogP contribution < -0.4 is 10.0 Å². The quantitative estimate of drug-likeness (QED) is 0.820. The lowest BCUT2D eigenvalue weighted by molar-refractivity contribution is 0.586. The maximum absolute atomic E-state index is 13.1. The maximum atomic E-state index is 13.1. The van der Waals surface area contributed by atoms with Gasteiger partial charge in [0, 0.05) is 18.0 Å². The molecule has 24 heavy (non-hydrogen) atoms. The van der Waals surface area contributed by atoms with Crippen LogP contribution >= 0.6 is 24.2 Å². The largest absolute Gasteiger partial charge is 0.326 e. The van der Waals surface area contributed by atoms with Crippen LogP contribution in [0.2, 0.25) is 0 Å². The average molecular weight is 385 g/mol. The second-order valence-corrected chi connectivity index (χ2v) is 8.27. The molecule has 2 aromatic carbocycles. The summed E-state index contributed by atoms with van der Waals surface area (Å²) in [5, 5.41) is 0. The Kier molecular flexibility index (Phi) is 6.20. The summed E-state index contributed by atoms with van der Waals surface area (Å²) in [4.78, 5) is 1.29. The first-order valence-electron chi connectivity index (χ1n) is 7.55. The van der Waals surface area contributed by atoms with Crippen molar-refractivity contribution in [3.05, 3.63) is 53.6 Å². The van der Waals surface area contributed by atoms with E-state index in [2.05, 4.69) is 0 Å². The van der Waals surface area contributed by atoms with Gasteiger partial charge in [-0.2, -0.15) is 0 Å². The van der Waals surface area contributed by atoms with Crippen molar-refractivity contribution in [3.8, 4) is 0 Å². The zero-order chi connectivity index (χ0) is 16.4. The first-order valence-corrected chi connectivity index (χ1v) is 10.2. The van der Waals surface area contributed by atoms with Crippen LogP contribution in [0.15, 0.2) is 52.3 Å². The van der Waals surface area contributed by atoms with Crippen molar-refractivity contribution < 1.29 is 8.42 Å². The van der Waals surface area contributed by atoms with Crippen molar-refractivity contribution in [3.63, 3.8) is 0 Å². The summed E-state index contributed by atoms with van der Waals surface area (Å²) in [5.41, 5.74) is 8.57. The lowest BCUT2D eigenvalue weighted by atomic mass is 10.0. The Hall–Kier alpha value is -1.21. The number of rotatable bonds is 4. The number of benzene rings is 2. The summed E-state index contributed by atoms with van der Waals surface area (Å²) >= 11 is 1.54. The number of nitrogens with two attached hydrogens (primary N) is 1. The minimum atomic E-state index is -3.54. The highest BCUT2D eigenvalue weighted by molar-refractivity contribution is 7.98. The molecule has 0 unspecified atom stereocenters. The fourth-order valence-corrected chi connectivity index (χ4v) is 5.00. The molecule has 0 saturated heterocycles. The zero-order valence-electron chi connectivity index (χ0n) is 13.4. The highest BCUT2D eigenvalue weighted by Gasteiger charge is 2.29. The lowest BCUT2D eigenvalue weighted by Crippen LogP contribution is -2.35. The number of hydrogen-bond acceptors (Lipinski definition) is 4. The summed E-state index contributed by atoms with van der Waals surface area (Å²) in [7, 11) is -3.54. The smallest absolute Gasteiger partial charge is 0.264 e. The van der Waals surface area contributed by atoms with Crippen LogP contribution in [0.25, 0.3) is 0 Å². The van der Waals surface area contributed by atoms with Crippen LogP contribution in [0.1, 0.15) is 17.5 Å². The van der Waals surface area contributed by atoms with E-state index in [1.165, 1.54) is 16.1 Å². The predicted molar refractivity (Wildman–Crippen MR) is 103 cm³/mol. The number of fused-ring (bicyclic) bond motifs is 1. The first kappa shape index (κ1) is 19.1. The zero-order valence-corrected chi connectivity index (χ0v) is 15.9. The molecule has 2 aromatic rings. The van der Waals surface area contributed by atoms with E-state index in [0.717, 1.165) is 34.6 Å². The minimum Gasteiger partial charge on any atom is -0.326 e. The van der Waals surface area contributed by atoms with Gasteiger partial charge in [-0.25, -0.2) is 8.42 Å². The van der Waals surface area contributed by atoms with Gasteiger partial charge in [-0.1, -0.05) is 18.2 Å². The average Bonchev–Trinajstić information content (AvgIpc) is 2.60. The highest BCUT2D eigenvalue weighted by Crippen LogP contribution is 2.33. The fourth-order valence-electron chi connectivity index (χ4n) is 2.88. The number of sulfonamides is 1. The summed E-state index contributed by atoms with van der Waals surface area (Å²) in [6, 6.07) is 12.9. The molecule has 130 valence electrons. The van der Waals surface area contributed by atoms with Crippen LogP contribution in [0.4, 0.5) is 5.69 Å². The number of aryl methyl sites for hydroxylation is 1. The standard InChI is InChI=1S/C17H20N2O2S2.ClH/c1-22-15-5-2-6-16(11-15)23(20,21)19-9-3-4-14-10-13(12-18)7-8-17(14)19;/h2,5-8,10-11H,3-4,9,12,18H2,1H3;1H. The molecule has 2 N–H and O–H groups in total. The SMILES string of the molecule is CSc1cccc(S(=O)(=O)N2CCCc3cc(CN)ccc32)c1.Cl. The molecule has 1 heterocycles. The molecule has 4 nitrogen and oxygen atoms in total. The van der Waals surface area contributed by atoms with Crippen molar-refractivity contribution in [1.82, 2.24) is 0 Å². The van der Waals surface area contributed by atoms with Crippen LogP contribution in [0.5, 0.6) is 0 Å². The van der Waals surface area contributed by atoms with E-state index < -0.39 is 10.0 Å². The number of nitrogens with zero attached hydrogens (tertiary/aromatic N) is 1. The number of halogens is 1. The third-order valence-corrected chi connectivity index (χ3v) is 6.62. The summed E-state index contributed by atoms with van der Waals surface area (Å²) in [6.45, 7) is 0.983. The fraction of sp³-hybridized carbons (Fsp3) is 0.294. The van der Waals surface area contributed by atoms with Crippen molar-refractivity contribution in [2.75, 3.05) is 17.1 Å². The van der Waals surface area contributed by atoms with Crippen LogP contribution in [-0.4, -0.2) is 21.2 Å². The van der Waals surface area contributed by atoms with Gasteiger partial charge in [-0.05, 0) is 54.5 Å². The van der Waals surface area contributed by atoms with Gasteiger partial charge < -0.3 is 5.73 Å². The number of hydrogen-bond donors (Lipinski definition) is 1. The third kappa shape index (κ3) is 3.57. The Bertz CT molecular complexity index is 825. The molecule has 0 bridgehead atoms. The Balaban J connectivity index is 0.00000208. The van der Waals surface area contributed by atoms with Gasteiger partial charge in [-0.15, -0.1) is 24.2 Å². The molecule has 0 amide bonds. The van der Waals surface area contributed by atoms with Gasteiger partial charge in [0.1, 0.15) is 0 Å². The molecule has 0 fully saturated rings. The van der Waals surface area contributed by atoms with Gasteiger partial charge in [-0.3, -0.25) is 4.31 Å². The molecule has 0 saturated carbocycles. The van der Waals surface area contributed by atoms with Crippen molar-refractivity contribution in [1.29, 1.82) is 0 Å². The molecule has 3 rings (SSSR count). The molecule has 0 aromatic heterocycles. The normalized spacial score (nSPS) is 14.0. The minimum absolute atomic E-state index is 0. The Labute approximate surface area is 153 Å². The molecular weight excluding hydrogens is 364 g/mol. The Morgan fingerprint density at radius 3 is 2.71 bits per heavy atom. The summed E-state index contributed by atoms with van der Waals surface area (Å²) in [5.74, 6) is 0. The van der Waals surface area contributed by atoms with E-state index in [1.807, 2.05) is 30.5 Å². The molecule has 0 atom stereocenters. The Morgan fingerprint density at radius 1 is 1.21 bits per heavy atom. The molecular formula is C17H21ClN2O2S2. The Morgan fingerprint density at radius 2 is 2.00 bits per heavy atom. The molecule has 0 aliphatic carbocycles. The van der Waals surface area contributed by atoms with Gasteiger partial charge >= 0.3 is 0 Å². The van der Waals surface area contributed by atoms with Crippen LogP contribution in [0, 0.1) is 0 Å². The second kappa shape index (κ2) is 7.78. The van der Waals surface area contributed by atoms with Gasteiger partial charge in [0.25, 0.3) is 10.0 Å². The molecule has 0 spiro atoms. The van der Waals surface area contributed by atoms with Gasteiger partial charge in [0.05, 0.1) is 10.6 Å². The van der Waals surface area contributed by atoms with E-state index in [1.54, 1.807) is 18.2 Å². The number of thioether (sulfide) groups is 1. The number of anilines is 1. The summed E-state index contributed by atoms with van der Waals surface area (Å²) < 4.78 is 27.7. The molecule has 1 aliphatic heterocycles. The molecule has 0 radical (unpaired) electrons. The van der Waals surface area contributed by atoms with E-state index in [0.29, 0.717) is 18.0 Å². The van der Waals surface area contributed by atoms with Gasteiger partial charge in [0.2, 0.25) is 0 Å². The molecule has 1 aliphatic rings. The third-order valence-electron chi connectivity index (χ3n) is 4.08. The van der Waals surface area contributed by atoms with Crippen LogP contribution in [0.3, 0.4) is 0 Å². The monoisotopic (exact) mass is 384 g/mol. The summed E-state index contributed by atoms with van der Waals surface area (Å²) in [6.07, 6.45) is 3.65. The van der Waals surface area contributed by atoms with Gasteiger partial charge in [0.15, 0.2) is 0 Å².